The minimum absolute atomic E-state index is 0.554. The molecule has 0 amide bonds. The van der Waals surface area contributed by atoms with E-state index in [0.29, 0.717) is 12.2 Å². The predicted molar refractivity (Wildman–Crippen MR) is 115 cm³/mol. The number of piperazine rings is 1. The van der Waals surface area contributed by atoms with Crippen LogP contribution in [0.1, 0.15) is 6.42 Å². The van der Waals surface area contributed by atoms with Gasteiger partial charge < -0.3 is 14.7 Å². The van der Waals surface area contributed by atoms with Gasteiger partial charge in [0.05, 0.1) is 5.69 Å². The lowest BCUT2D eigenvalue weighted by Gasteiger charge is -2.36. The normalized spacial score (nSPS) is 16.0. The largest absolute Gasteiger partial charge is 0.464 e. The number of halogens is 1. The van der Waals surface area contributed by atoms with Crippen molar-refractivity contribution in [1.82, 2.24) is 15.1 Å². The molecular formula is C22H25ClN4O2. The maximum Gasteiger partial charge on any atom is 0.198 e. The zero-order chi connectivity index (χ0) is 20.1. The van der Waals surface area contributed by atoms with Crippen LogP contribution in [-0.4, -0.2) is 59.2 Å². The quantitative estimate of drug-likeness (QED) is 0.580. The number of nitrogens with one attached hydrogen (secondary N) is 1. The molecule has 0 aliphatic carbocycles. The number of hydrogen-bond donors (Lipinski definition) is 2. The van der Waals surface area contributed by atoms with Crippen LogP contribution in [0.4, 0.5) is 5.69 Å². The molecule has 1 aliphatic rings. The highest BCUT2D eigenvalue weighted by Gasteiger charge is 2.19. The van der Waals surface area contributed by atoms with Gasteiger partial charge in [-0.05, 0) is 42.5 Å². The van der Waals surface area contributed by atoms with E-state index < -0.39 is 6.29 Å². The highest BCUT2D eigenvalue weighted by molar-refractivity contribution is 6.30. The number of aliphatic hydroxyl groups excluding tert-OH is 1. The fourth-order valence-electron chi connectivity index (χ4n) is 3.58. The van der Waals surface area contributed by atoms with Gasteiger partial charge in [0.2, 0.25) is 0 Å². The van der Waals surface area contributed by atoms with E-state index >= 15 is 0 Å². The SMILES string of the molecule is OC(CCN1CCN(c2ccc(Cl)cc2)CC1)Oc1ccccc1-c1ccn[nH]1. The summed E-state index contributed by atoms with van der Waals surface area (Å²) in [5.74, 6) is 0.650. The lowest BCUT2D eigenvalue weighted by Crippen LogP contribution is -2.47. The van der Waals surface area contributed by atoms with Crippen molar-refractivity contribution in [2.24, 2.45) is 0 Å². The van der Waals surface area contributed by atoms with Crippen LogP contribution in [0.5, 0.6) is 5.75 Å². The third-order valence-electron chi connectivity index (χ3n) is 5.20. The second kappa shape index (κ2) is 9.31. The Bertz CT molecular complexity index is 893. The van der Waals surface area contributed by atoms with Crippen molar-refractivity contribution in [3.8, 4) is 17.0 Å². The minimum atomic E-state index is -0.853. The van der Waals surface area contributed by atoms with Gasteiger partial charge in [-0.3, -0.25) is 10.00 Å². The van der Waals surface area contributed by atoms with Crippen LogP contribution in [0, 0.1) is 0 Å². The van der Waals surface area contributed by atoms with Gasteiger partial charge in [0.1, 0.15) is 5.75 Å². The summed E-state index contributed by atoms with van der Waals surface area (Å²) < 4.78 is 5.82. The number of nitrogens with zero attached hydrogens (tertiary/aromatic N) is 3. The average molecular weight is 413 g/mol. The van der Waals surface area contributed by atoms with Crippen molar-refractivity contribution in [1.29, 1.82) is 0 Å². The van der Waals surface area contributed by atoms with Crippen molar-refractivity contribution >= 4 is 17.3 Å². The van der Waals surface area contributed by atoms with E-state index in [1.54, 1.807) is 6.20 Å². The Morgan fingerprint density at radius 3 is 2.52 bits per heavy atom. The lowest BCUT2D eigenvalue weighted by molar-refractivity contribution is -0.0288. The van der Waals surface area contributed by atoms with Crippen LogP contribution in [-0.2, 0) is 0 Å². The molecule has 3 aromatic rings. The third-order valence-corrected chi connectivity index (χ3v) is 5.45. The van der Waals surface area contributed by atoms with Gasteiger partial charge >= 0.3 is 0 Å². The predicted octanol–water partition coefficient (Wildman–Crippen LogP) is 3.64. The maximum absolute atomic E-state index is 10.4. The summed E-state index contributed by atoms with van der Waals surface area (Å²) >= 11 is 5.97. The number of benzene rings is 2. The molecule has 0 saturated carbocycles. The molecule has 1 aromatic heterocycles. The van der Waals surface area contributed by atoms with Gasteiger partial charge in [0.15, 0.2) is 6.29 Å². The fraction of sp³-hybridized carbons (Fsp3) is 0.318. The highest BCUT2D eigenvalue weighted by atomic mass is 35.5. The summed E-state index contributed by atoms with van der Waals surface area (Å²) in [6, 6.07) is 17.5. The van der Waals surface area contributed by atoms with Gasteiger partial charge in [-0.2, -0.15) is 5.10 Å². The molecule has 2 aromatic carbocycles. The van der Waals surface area contributed by atoms with E-state index in [1.165, 1.54) is 5.69 Å². The monoisotopic (exact) mass is 412 g/mol. The first-order valence-corrected chi connectivity index (χ1v) is 10.2. The van der Waals surface area contributed by atoms with Crippen molar-refractivity contribution < 1.29 is 9.84 Å². The standard InChI is InChI=1S/C22H25ClN4O2/c23-17-5-7-18(8-6-17)27-15-13-26(14-16-27)12-10-22(28)29-21-4-2-1-3-19(21)20-9-11-24-25-20/h1-9,11,22,28H,10,12-16H2,(H,24,25). The second-order valence-electron chi connectivity index (χ2n) is 7.13. The molecule has 152 valence electrons. The summed E-state index contributed by atoms with van der Waals surface area (Å²) in [6.45, 7) is 4.63. The lowest BCUT2D eigenvalue weighted by atomic mass is 10.1. The van der Waals surface area contributed by atoms with Crippen LogP contribution < -0.4 is 9.64 Å². The number of ether oxygens (including phenoxy) is 1. The van der Waals surface area contributed by atoms with Gasteiger partial charge in [-0.1, -0.05) is 23.7 Å². The highest BCUT2D eigenvalue weighted by Crippen LogP contribution is 2.29. The smallest absolute Gasteiger partial charge is 0.198 e. The summed E-state index contributed by atoms with van der Waals surface area (Å²) in [4.78, 5) is 4.72. The Hall–Kier alpha value is -2.54. The molecule has 1 fully saturated rings. The molecule has 0 bridgehead atoms. The van der Waals surface area contributed by atoms with Crippen molar-refractivity contribution in [3.63, 3.8) is 0 Å². The first kappa shape index (κ1) is 19.8. The Morgan fingerprint density at radius 2 is 1.79 bits per heavy atom. The number of para-hydroxylation sites is 1. The molecule has 7 heteroatoms. The molecule has 1 atom stereocenters. The van der Waals surface area contributed by atoms with Crippen LogP contribution in [0.15, 0.2) is 60.8 Å². The number of hydrogen-bond acceptors (Lipinski definition) is 5. The summed E-state index contributed by atoms with van der Waals surface area (Å²) in [7, 11) is 0. The van der Waals surface area contributed by atoms with Gasteiger partial charge in [-0.25, -0.2) is 0 Å². The maximum atomic E-state index is 10.4. The molecule has 0 radical (unpaired) electrons. The number of anilines is 1. The van der Waals surface area contributed by atoms with Gasteiger partial charge in [0.25, 0.3) is 0 Å². The topological polar surface area (TPSA) is 64.6 Å². The molecule has 6 nitrogen and oxygen atoms in total. The molecule has 0 spiro atoms. The Kier molecular flexibility index (Phi) is 6.34. The zero-order valence-electron chi connectivity index (χ0n) is 16.2. The first-order valence-electron chi connectivity index (χ1n) is 9.85. The number of aliphatic hydroxyl groups is 1. The molecule has 29 heavy (non-hydrogen) atoms. The van der Waals surface area contributed by atoms with Crippen molar-refractivity contribution in [2.75, 3.05) is 37.6 Å². The summed E-state index contributed by atoms with van der Waals surface area (Å²) in [5, 5.41) is 18.1. The number of aromatic amines is 1. The minimum Gasteiger partial charge on any atom is -0.464 e. The van der Waals surface area contributed by atoms with E-state index in [1.807, 2.05) is 42.5 Å². The van der Waals surface area contributed by atoms with E-state index in [0.717, 1.165) is 49.0 Å². The van der Waals surface area contributed by atoms with Crippen molar-refractivity contribution in [2.45, 2.75) is 12.7 Å². The summed E-state index contributed by atoms with van der Waals surface area (Å²) in [6.07, 6.45) is 1.40. The van der Waals surface area contributed by atoms with E-state index in [-0.39, 0.29) is 0 Å². The Balaban J connectivity index is 1.26. The molecule has 1 saturated heterocycles. The number of H-pyrrole nitrogens is 1. The molecular weight excluding hydrogens is 388 g/mol. The molecule has 1 unspecified atom stereocenters. The van der Waals surface area contributed by atoms with Gasteiger partial charge in [-0.15, -0.1) is 0 Å². The first-order chi connectivity index (χ1) is 14.2. The zero-order valence-corrected chi connectivity index (χ0v) is 16.9. The molecule has 2 N–H and O–H groups in total. The fourth-order valence-corrected chi connectivity index (χ4v) is 3.70. The van der Waals surface area contributed by atoms with E-state index in [2.05, 4.69) is 32.1 Å². The van der Waals surface area contributed by atoms with Crippen LogP contribution >= 0.6 is 11.6 Å². The Morgan fingerprint density at radius 1 is 1.03 bits per heavy atom. The van der Waals surface area contributed by atoms with Gasteiger partial charge in [0, 0.05) is 61.6 Å². The second-order valence-corrected chi connectivity index (χ2v) is 7.57. The Labute approximate surface area is 175 Å². The molecule has 1 aliphatic heterocycles. The van der Waals surface area contributed by atoms with Crippen molar-refractivity contribution in [3.05, 3.63) is 65.8 Å². The van der Waals surface area contributed by atoms with E-state index in [9.17, 15) is 5.11 Å². The van der Waals surface area contributed by atoms with Crippen LogP contribution in [0.3, 0.4) is 0 Å². The molecule has 2 heterocycles. The number of aromatic nitrogens is 2. The average Bonchev–Trinajstić information content (AvgIpc) is 3.28. The third kappa shape index (κ3) is 5.09. The van der Waals surface area contributed by atoms with E-state index in [4.69, 9.17) is 16.3 Å². The summed E-state index contributed by atoms with van der Waals surface area (Å²) in [5.41, 5.74) is 2.96. The van der Waals surface area contributed by atoms with Crippen LogP contribution in [0.2, 0.25) is 5.02 Å². The van der Waals surface area contributed by atoms with Crippen LogP contribution in [0.25, 0.3) is 11.3 Å². The molecule has 4 rings (SSSR count). The number of rotatable bonds is 7.